The van der Waals surface area contributed by atoms with Gasteiger partial charge in [0, 0.05) is 12.1 Å². The van der Waals surface area contributed by atoms with E-state index >= 15 is 0 Å². The van der Waals surface area contributed by atoms with Gasteiger partial charge >= 0.3 is 0 Å². The Labute approximate surface area is 57.8 Å². The van der Waals surface area contributed by atoms with E-state index in [4.69, 9.17) is 0 Å². The first-order chi connectivity index (χ1) is 4.24. The predicted octanol–water partition coefficient (Wildman–Crippen LogP) is 1.78. The summed E-state index contributed by atoms with van der Waals surface area (Å²) in [6.45, 7) is 6.83. The lowest BCUT2D eigenvalue weighted by Crippen LogP contribution is -2.53. The van der Waals surface area contributed by atoms with Gasteiger partial charge in [-0.15, -0.1) is 0 Å². The van der Waals surface area contributed by atoms with Crippen LogP contribution in [0.25, 0.3) is 0 Å². The Morgan fingerprint density at radius 1 is 1.67 bits per heavy atom. The van der Waals surface area contributed by atoms with Crippen molar-refractivity contribution in [3.8, 4) is 0 Å². The van der Waals surface area contributed by atoms with E-state index in [0.717, 1.165) is 18.0 Å². The van der Waals surface area contributed by atoms with Crippen LogP contribution in [0.3, 0.4) is 0 Å². The van der Waals surface area contributed by atoms with Crippen molar-refractivity contribution in [3.63, 3.8) is 0 Å². The van der Waals surface area contributed by atoms with Crippen molar-refractivity contribution in [3.05, 3.63) is 0 Å². The Kier molecular flexibility index (Phi) is 2.12. The van der Waals surface area contributed by atoms with Crippen molar-refractivity contribution in [2.75, 3.05) is 0 Å². The molecule has 9 heavy (non-hydrogen) atoms. The van der Waals surface area contributed by atoms with Gasteiger partial charge in [-0.2, -0.15) is 0 Å². The van der Waals surface area contributed by atoms with Crippen LogP contribution in [0.2, 0.25) is 0 Å². The van der Waals surface area contributed by atoms with Crippen molar-refractivity contribution in [1.29, 1.82) is 0 Å². The second-order valence-electron chi connectivity index (χ2n) is 3.30. The molecule has 0 aromatic heterocycles. The first-order valence-electron chi connectivity index (χ1n) is 4.00. The third kappa shape index (κ3) is 1.45. The van der Waals surface area contributed by atoms with E-state index < -0.39 is 0 Å². The van der Waals surface area contributed by atoms with Crippen LogP contribution < -0.4 is 5.32 Å². The van der Waals surface area contributed by atoms with E-state index in [9.17, 15) is 0 Å². The molecule has 0 bridgehead atoms. The van der Waals surface area contributed by atoms with E-state index in [0.29, 0.717) is 0 Å². The second-order valence-corrected chi connectivity index (χ2v) is 3.30. The van der Waals surface area contributed by atoms with E-state index in [1.54, 1.807) is 0 Å². The molecule has 1 aliphatic rings. The molecule has 0 amide bonds. The summed E-state index contributed by atoms with van der Waals surface area (Å²) in [5, 5.41) is 3.49. The molecule has 0 saturated carbocycles. The summed E-state index contributed by atoms with van der Waals surface area (Å²) in [6, 6.07) is 1.61. The lowest BCUT2D eigenvalue weighted by Gasteiger charge is -2.38. The summed E-state index contributed by atoms with van der Waals surface area (Å²) in [5.41, 5.74) is 0. The summed E-state index contributed by atoms with van der Waals surface area (Å²) in [4.78, 5) is 0. The highest BCUT2D eigenvalue weighted by atomic mass is 15.0. The largest absolute Gasteiger partial charge is 0.311 e. The molecule has 1 saturated heterocycles. The molecule has 0 aromatic rings. The van der Waals surface area contributed by atoms with Crippen molar-refractivity contribution in [2.24, 2.45) is 5.92 Å². The lowest BCUT2D eigenvalue weighted by molar-refractivity contribution is 0.209. The maximum absolute atomic E-state index is 3.49. The van der Waals surface area contributed by atoms with E-state index in [1.807, 2.05) is 0 Å². The normalized spacial score (nSPS) is 37.7. The van der Waals surface area contributed by atoms with Gasteiger partial charge in [0.05, 0.1) is 0 Å². The molecule has 1 nitrogen and oxygen atoms in total. The second kappa shape index (κ2) is 2.70. The van der Waals surface area contributed by atoms with Crippen LogP contribution in [0.15, 0.2) is 0 Å². The highest BCUT2D eigenvalue weighted by Crippen LogP contribution is 2.20. The molecule has 1 aliphatic heterocycles. The van der Waals surface area contributed by atoms with E-state index in [-0.39, 0.29) is 0 Å². The molecule has 54 valence electrons. The van der Waals surface area contributed by atoms with Gasteiger partial charge < -0.3 is 5.32 Å². The molecule has 3 atom stereocenters. The molecule has 1 heteroatoms. The van der Waals surface area contributed by atoms with Crippen molar-refractivity contribution < 1.29 is 0 Å². The highest BCUT2D eigenvalue weighted by molar-refractivity contribution is 4.87. The molecule has 1 N–H and O–H groups in total. The minimum atomic E-state index is 0.781. The van der Waals surface area contributed by atoms with Crippen LogP contribution in [0.5, 0.6) is 0 Å². The molecule has 0 aromatic carbocycles. The Balaban J connectivity index is 2.15. The molecule has 0 radical (unpaired) electrons. The SMILES string of the molecule is CCC(C)C1CC(C)N1. The van der Waals surface area contributed by atoms with E-state index in [2.05, 4.69) is 26.1 Å². The van der Waals surface area contributed by atoms with Gasteiger partial charge in [-0.25, -0.2) is 0 Å². The average Bonchev–Trinajstić information content (AvgIpc) is 1.79. The van der Waals surface area contributed by atoms with Crippen LogP contribution >= 0.6 is 0 Å². The molecule has 1 rings (SSSR count). The number of nitrogens with one attached hydrogen (secondary N) is 1. The Morgan fingerprint density at radius 3 is 2.56 bits per heavy atom. The standard InChI is InChI=1S/C8H17N/c1-4-6(2)8-5-7(3)9-8/h6-9H,4-5H2,1-3H3. The maximum Gasteiger partial charge on any atom is 0.0110 e. The minimum Gasteiger partial charge on any atom is -0.311 e. The van der Waals surface area contributed by atoms with Gasteiger partial charge in [0.1, 0.15) is 0 Å². The van der Waals surface area contributed by atoms with Crippen LogP contribution in [0.1, 0.15) is 33.6 Å². The number of hydrogen-bond donors (Lipinski definition) is 1. The van der Waals surface area contributed by atoms with Gasteiger partial charge in [0.2, 0.25) is 0 Å². The summed E-state index contributed by atoms with van der Waals surface area (Å²) >= 11 is 0. The zero-order valence-corrected chi connectivity index (χ0v) is 6.65. The van der Waals surface area contributed by atoms with Gasteiger partial charge in [-0.3, -0.25) is 0 Å². The Hall–Kier alpha value is -0.0400. The van der Waals surface area contributed by atoms with Gasteiger partial charge in [0.15, 0.2) is 0 Å². The third-order valence-corrected chi connectivity index (χ3v) is 2.44. The fourth-order valence-electron chi connectivity index (χ4n) is 1.40. The lowest BCUT2D eigenvalue weighted by atomic mass is 9.87. The first-order valence-corrected chi connectivity index (χ1v) is 4.00. The average molecular weight is 127 g/mol. The maximum atomic E-state index is 3.49. The van der Waals surface area contributed by atoms with Crippen LogP contribution in [0, 0.1) is 5.92 Å². The van der Waals surface area contributed by atoms with Crippen LogP contribution in [-0.2, 0) is 0 Å². The summed E-state index contributed by atoms with van der Waals surface area (Å²) < 4.78 is 0. The molecule has 1 heterocycles. The number of rotatable bonds is 2. The fourth-order valence-corrected chi connectivity index (χ4v) is 1.40. The van der Waals surface area contributed by atoms with Gasteiger partial charge in [-0.1, -0.05) is 20.3 Å². The smallest absolute Gasteiger partial charge is 0.0110 e. The molecule has 0 aliphatic carbocycles. The highest BCUT2D eigenvalue weighted by Gasteiger charge is 2.27. The summed E-state index contributed by atoms with van der Waals surface area (Å²) in [5.74, 6) is 0.876. The van der Waals surface area contributed by atoms with Crippen LogP contribution in [0.4, 0.5) is 0 Å². The Morgan fingerprint density at radius 2 is 2.22 bits per heavy atom. The molecular weight excluding hydrogens is 110 g/mol. The quantitative estimate of drug-likeness (QED) is 0.596. The predicted molar refractivity (Wildman–Crippen MR) is 40.5 cm³/mol. The van der Waals surface area contributed by atoms with Crippen molar-refractivity contribution in [1.82, 2.24) is 5.32 Å². The number of hydrogen-bond acceptors (Lipinski definition) is 1. The summed E-state index contributed by atoms with van der Waals surface area (Å²) in [7, 11) is 0. The summed E-state index contributed by atoms with van der Waals surface area (Å²) in [6.07, 6.45) is 2.69. The molecule has 3 unspecified atom stereocenters. The van der Waals surface area contributed by atoms with Gasteiger partial charge in [-0.05, 0) is 19.3 Å². The van der Waals surface area contributed by atoms with Crippen molar-refractivity contribution >= 4 is 0 Å². The third-order valence-electron chi connectivity index (χ3n) is 2.44. The Bertz CT molecular complexity index is 84.6. The molecule has 0 spiro atoms. The van der Waals surface area contributed by atoms with E-state index in [1.165, 1.54) is 12.8 Å². The topological polar surface area (TPSA) is 12.0 Å². The van der Waals surface area contributed by atoms with Crippen molar-refractivity contribution in [2.45, 2.75) is 45.7 Å². The fraction of sp³-hybridized carbons (Fsp3) is 1.00. The molecular formula is C8H17N. The van der Waals surface area contributed by atoms with Gasteiger partial charge in [0.25, 0.3) is 0 Å². The first kappa shape index (κ1) is 7.07. The monoisotopic (exact) mass is 127 g/mol. The zero-order valence-electron chi connectivity index (χ0n) is 6.65. The minimum absolute atomic E-state index is 0.781. The molecule has 1 fully saturated rings. The van der Waals surface area contributed by atoms with Crippen LogP contribution in [-0.4, -0.2) is 12.1 Å². The zero-order chi connectivity index (χ0) is 6.85.